The number of hydrogen-bond acceptors (Lipinski definition) is 2. The van der Waals surface area contributed by atoms with E-state index in [9.17, 15) is 4.79 Å². The molecule has 0 saturated heterocycles. The predicted octanol–water partition coefficient (Wildman–Crippen LogP) is 1.56. The predicted molar refractivity (Wildman–Crippen MR) is 40.9 cm³/mol. The topological polar surface area (TPSA) is 26.3 Å². The Labute approximate surface area is 61.9 Å². The van der Waals surface area contributed by atoms with Crippen molar-refractivity contribution in [2.75, 3.05) is 13.2 Å². The summed E-state index contributed by atoms with van der Waals surface area (Å²) in [4.78, 5) is 9.83. The van der Waals surface area contributed by atoms with Crippen molar-refractivity contribution in [3.05, 3.63) is 12.2 Å². The smallest absolute Gasteiger partial charge is 0.120 e. The van der Waals surface area contributed by atoms with Crippen LogP contribution in [0.1, 0.15) is 19.8 Å². The fourth-order valence-electron chi connectivity index (χ4n) is 0.515. The van der Waals surface area contributed by atoms with Gasteiger partial charge in [0, 0.05) is 13.0 Å². The minimum Gasteiger partial charge on any atom is -0.377 e. The number of hydrogen-bond donors (Lipinski definition) is 0. The molecule has 0 rings (SSSR count). The van der Waals surface area contributed by atoms with Gasteiger partial charge in [-0.3, -0.25) is 0 Å². The van der Waals surface area contributed by atoms with Gasteiger partial charge in [-0.25, -0.2) is 0 Å². The third kappa shape index (κ3) is 7.37. The summed E-state index contributed by atoms with van der Waals surface area (Å²) < 4.78 is 5.14. The summed E-state index contributed by atoms with van der Waals surface area (Å²) in [6.45, 7) is 6.86. The van der Waals surface area contributed by atoms with E-state index >= 15 is 0 Å². The Morgan fingerprint density at radius 1 is 1.70 bits per heavy atom. The highest BCUT2D eigenvalue weighted by atomic mass is 16.5. The highest BCUT2D eigenvalue weighted by Gasteiger charge is 1.87. The van der Waals surface area contributed by atoms with Crippen molar-refractivity contribution >= 4 is 6.29 Å². The van der Waals surface area contributed by atoms with Crippen molar-refractivity contribution < 1.29 is 9.53 Å². The molecule has 0 aromatic rings. The number of rotatable bonds is 6. The molecule has 0 aliphatic carbocycles. The SMILES string of the molecule is C=C(C)COCCCC=O. The molecule has 0 aromatic heterocycles. The molecule has 0 atom stereocenters. The molecule has 0 heterocycles. The lowest BCUT2D eigenvalue weighted by atomic mass is 10.3. The van der Waals surface area contributed by atoms with Gasteiger partial charge in [-0.1, -0.05) is 12.2 Å². The molecule has 0 radical (unpaired) electrons. The lowest BCUT2D eigenvalue weighted by molar-refractivity contribution is -0.108. The van der Waals surface area contributed by atoms with E-state index < -0.39 is 0 Å². The van der Waals surface area contributed by atoms with Gasteiger partial charge in [0.05, 0.1) is 6.61 Å². The van der Waals surface area contributed by atoms with Gasteiger partial charge in [-0.05, 0) is 13.3 Å². The van der Waals surface area contributed by atoms with Crippen molar-refractivity contribution in [1.82, 2.24) is 0 Å². The minimum absolute atomic E-state index is 0.593. The highest BCUT2D eigenvalue weighted by Crippen LogP contribution is 1.91. The summed E-state index contributed by atoms with van der Waals surface area (Å²) in [7, 11) is 0. The van der Waals surface area contributed by atoms with E-state index in [-0.39, 0.29) is 0 Å². The summed E-state index contributed by atoms with van der Waals surface area (Å²) >= 11 is 0. The van der Waals surface area contributed by atoms with Crippen LogP contribution in [0.2, 0.25) is 0 Å². The first kappa shape index (κ1) is 9.37. The molecule has 0 aromatic carbocycles. The Balaban J connectivity index is 2.90. The van der Waals surface area contributed by atoms with Gasteiger partial charge >= 0.3 is 0 Å². The molecule has 0 aliphatic heterocycles. The second-order valence-electron chi connectivity index (χ2n) is 2.32. The van der Waals surface area contributed by atoms with Gasteiger partial charge in [-0.2, -0.15) is 0 Å². The van der Waals surface area contributed by atoms with Crippen LogP contribution < -0.4 is 0 Å². The van der Waals surface area contributed by atoms with Crippen LogP contribution >= 0.6 is 0 Å². The van der Waals surface area contributed by atoms with E-state index in [4.69, 9.17) is 4.74 Å². The van der Waals surface area contributed by atoms with Gasteiger partial charge in [0.15, 0.2) is 0 Å². The van der Waals surface area contributed by atoms with Crippen LogP contribution in [0.3, 0.4) is 0 Å². The van der Waals surface area contributed by atoms with Gasteiger partial charge in [0.25, 0.3) is 0 Å². The van der Waals surface area contributed by atoms with Crippen LogP contribution in [-0.2, 0) is 9.53 Å². The molecule has 10 heavy (non-hydrogen) atoms. The second kappa shape index (κ2) is 6.49. The number of unbranched alkanes of at least 4 members (excludes halogenated alkanes) is 1. The lowest BCUT2D eigenvalue weighted by Gasteiger charge is -2.00. The molecule has 0 saturated carbocycles. The normalized spacial score (nSPS) is 9.30. The average molecular weight is 142 g/mol. The first-order valence-electron chi connectivity index (χ1n) is 3.43. The zero-order chi connectivity index (χ0) is 7.82. The Kier molecular flexibility index (Phi) is 6.08. The molecule has 0 spiro atoms. The van der Waals surface area contributed by atoms with Crippen LogP contribution in [0.15, 0.2) is 12.2 Å². The molecule has 58 valence electrons. The fourth-order valence-corrected chi connectivity index (χ4v) is 0.515. The second-order valence-corrected chi connectivity index (χ2v) is 2.32. The van der Waals surface area contributed by atoms with Crippen molar-refractivity contribution in [2.45, 2.75) is 19.8 Å². The molecular weight excluding hydrogens is 128 g/mol. The largest absolute Gasteiger partial charge is 0.377 e. The van der Waals surface area contributed by atoms with Gasteiger partial charge < -0.3 is 9.53 Å². The first-order chi connectivity index (χ1) is 4.77. The molecule has 0 fully saturated rings. The standard InChI is InChI=1S/C8H14O2/c1-8(2)7-10-6-4-3-5-9/h5H,1,3-4,6-7H2,2H3. The summed E-state index contributed by atoms with van der Waals surface area (Å²) in [5.74, 6) is 0. The molecule has 2 heteroatoms. The fraction of sp³-hybridized carbons (Fsp3) is 0.625. The molecule has 0 unspecified atom stereocenters. The van der Waals surface area contributed by atoms with Crippen LogP contribution in [0.25, 0.3) is 0 Å². The van der Waals surface area contributed by atoms with Crippen molar-refractivity contribution in [2.24, 2.45) is 0 Å². The number of ether oxygens (including phenoxy) is 1. The van der Waals surface area contributed by atoms with Gasteiger partial charge in [0.1, 0.15) is 6.29 Å². The molecule has 2 nitrogen and oxygen atoms in total. The summed E-state index contributed by atoms with van der Waals surface area (Å²) in [6, 6.07) is 0. The quantitative estimate of drug-likeness (QED) is 0.319. The minimum atomic E-state index is 0.593. The number of aldehydes is 1. The van der Waals surface area contributed by atoms with Gasteiger partial charge in [-0.15, -0.1) is 0 Å². The Morgan fingerprint density at radius 3 is 2.90 bits per heavy atom. The molecule has 0 bridgehead atoms. The maximum atomic E-state index is 9.83. The average Bonchev–Trinajstić information content (AvgIpc) is 1.87. The number of carbonyl (C=O) groups is 1. The van der Waals surface area contributed by atoms with Crippen LogP contribution in [0.5, 0.6) is 0 Å². The Morgan fingerprint density at radius 2 is 2.40 bits per heavy atom. The molecule has 0 aliphatic rings. The zero-order valence-corrected chi connectivity index (χ0v) is 6.43. The Hall–Kier alpha value is -0.630. The monoisotopic (exact) mass is 142 g/mol. The third-order valence-corrected chi connectivity index (χ3v) is 0.959. The maximum Gasteiger partial charge on any atom is 0.120 e. The lowest BCUT2D eigenvalue weighted by Crippen LogP contribution is -1.97. The third-order valence-electron chi connectivity index (χ3n) is 0.959. The maximum absolute atomic E-state index is 9.83. The van der Waals surface area contributed by atoms with Crippen molar-refractivity contribution in [1.29, 1.82) is 0 Å². The van der Waals surface area contributed by atoms with Crippen LogP contribution in [0, 0.1) is 0 Å². The molecule has 0 amide bonds. The molecular formula is C8H14O2. The van der Waals surface area contributed by atoms with E-state index in [0.29, 0.717) is 19.6 Å². The number of carbonyl (C=O) groups excluding carboxylic acids is 1. The van der Waals surface area contributed by atoms with Crippen LogP contribution in [-0.4, -0.2) is 19.5 Å². The zero-order valence-electron chi connectivity index (χ0n) is 6.43. The van der Waals surface area contributed by atoms with E-state index in [1.807, 2.05) is 6.92 Å². The van der Waals surface area contributed by atoms with Gasteiger partial charge in [0.2, 0.25) is 0 Å². The Bertz CT molecular complexity index is 108. The van der Waals surface area contributed by atoms with E-state index in [0.717, 1.165) is 18.3 Å². The van der Waals surface area contributed by atoms with Crippen LogP contribution in [0.4, 0.5) is 0 Å². The van der Waals surface area contributed by atoms with E-state index in [1.54, 1.807) is 0 Å². The van der Waals surface area contributed by atoms with E-state index in [2.05, 4.69) is 6.58 Å². The first-order valence-corrected chi connectivity index (χ1v) is 3.43. The van der Waals surface area contributed by atoms with Crippen molar-refractivity contribution in [3.63, 3.8) is 0 Å². The summed E-state index contributed by atoms with van der Waals surface area (Å²) in [6.07, 6.45) is 2.32. The highest BCUT2D eigenvalue weighted by molar-refractivity contribution is 5.48. The van der Waals surface area contributed by atoms with E-state index in [1.165, 1.54) is 0 Å². The summed E-state index contributed by atoms with van der Waals surface area (Å²) in [5, 5.41) is 0. The summed E-state index contributed by atoms with van der Waals surface area (Å²) in [5.41, 5.74) is 1.02. The van der Waals surface area contributed by atoms with Crippen molar-refractivity contribution in [3.8, 4) is 0 Å². The molecule has 0 N–H and O–H groups in total.